The van der Waals surface area contributed by atoms with Crippen molar-refractivity contribution in [1.82, 2.24) is 14.9 Å². The van der Waals surface area contributed by atoms with Gasteiger partial charge in [-0.3, -0.25) is 9.69 Å². The van der Waals surface area contributed by atoms with Gasteiger partial charge in [-0.05, 0) is 6.07 Å². The molecule has 0 radical (unpaired) electrons. The van der Waals surface area contributed by atoms with Crippen LogP contribution in [-0.2, 0) is 11.3 Å². The molecule has 1 fully saturated rings. The van der Waals surface area contributed by atoms with Gasteiger partial charge in [-0.1, -0.05) is 0 Å². The van der Waals surface area contributed by atoms with Crippen molar-refractivity contribution < 1.29 is 14.3 Å². The second-order valence-electron chi connectivity index (χ2n) is 5.28. The molecular weight excluding hydrogens is 316 g/mol. The van der Waals surface area contributed by atoms with Crippen LogP contribution >= 0.6 is 11.3 Å². The lowest BCUT2D eigenvalue weighted by molar-refractivity contribution is -0.114. The normalized spacial score (nSPS) is 15.0. The Bertz CT molecular complexity index is 685. The van der Waals surface area contributed by atoms with Crippen molar-refractivity contribution in [2.45, 2.75) is 19.6 Å². The highest BCUT2D eigenvalue weighted by molar-refractivity contribution is 7.15. The molecule has 1 N–H and O–H groups in total. The molecule has 0 spiro atoms. The monoisotopic (exact) mass is 334 g/mol. The lowest BCUT2D eigenvalue weighted by Crippen LogP contribution is -2.52. The fourth-order valence-corrected chi connectivity index (χ4v) is 3.21. The Kier molecular flexibility index (Phi) is 4.73. The van der Waals surface area contributed by atoms with Gasteiger partial charge in [0.25, 0.3) is 0 Å². The third kappa shape index (κ3) is 4.17. The molecule has 0 aliphatic carbocycles. The van der Waals surface area contributed by atoms with Crippen molar-refractivity contribution in [2.75, 3.05) is 25.5 Å². The number of hydrogen-bond acceptors (Lipinski definition) is 7. The fourth-order valence-electron chi connectivity index (χ4n) is 2.30. The highest BCUT2D eigenvalue weighted by Gasteiger charge is 2.29. The number of hydrogen-bond donors (Lipinski definition) is 1. The van der Waals surface area contributed by atoms with Crippen LogP contribution in [0.4, 0.5) is 5.13 Å². The van der Waals surface area contributed by atoms with Crippen molar-refractivity contribution in [1.29, 1.82) is 0 Å². The van der Waals surface area contributed by atoms with Crippen LogP contribution in [0.25, 0.3) is 0 Å². The minimum atomic E-state index is -0.101. The molecule has 0 unspecified atom stereocenters. The third-order valence-corrected chi connectivity index (χ3v) is 4.26. The summed E-state index contributed by atoms with van der Waals surface area (Å²) in [6.45, 7) is 4.01. The summed E-state index contributed by atoms with van der Waals surface area (Å²) in [6.07, 6.45) is 3.65. The number of ether oxygens (including phenoxy) is 2. The van der Waals surface area contributed by atoms with Crippen LogP contribution in [0, 0.1) is 0 Å². The summed E-state index contributed by atoms with van der Waals surface area (Å²) in [5.74, 6) is 1.22. The molecular formula is C15H18N4O3S. The maximum Gasteiger partial charge on any atom is 0.223 e. The lowest BCUT2D eigenvalue weighted by atomic mass is 10.1. The van der Waals surface area contributed by atoms with E-state index in [-0.39, 0.29) is 12.0 Å². The zero-order valence-electron chi connectivity index (χ0n) is 13.0. The maximum absolute atomic E-state index is 11.0. The van der Waals surface area contributed by atoms with Crippen molar-refractivity contribution in [3.8, 4) is 11.6 Å². The number of aromatic nitrogens is 2. The summed E-state index contributed by atoms with van der Waals surface area (Å²) in [7, 11) is 1.58. The SMILES string of the molecule is COc1cc(OC2CN(Cc3cnc(NC(C)=O)s3)C2)ccn1. The average Bonchev–Trinajstić information content (AvgIpc) is 2.91. The van der Waals surface area contributed by atoms with Gasteiger partial charge in [0.15, 0.2) is 5.13 Å². The quantitative estimate of drug-likeness (QED) is 0.867. The van der Waals surface area contributed by atoms with Gasteiger partial charge in [0.05, 0.1) is 7.11 Å². The van der Waals surface area contributed by atoms with Crippen molar-refractivity contribution >= 4 is 22.4 Å². The second kappa shape index (κ2) is 6.93. The molecule has 0 aromatic carbocycles. The highest BCUT2D eigenvalue weighted by Crippen LogP contribution is 2.24. The number of amides is 1. The molecule has 0 atom stereocenters. The van der Waals surface area contributed by atoms with E-state index in [0.717, 1.165) is 30.3 Å². The largest absolute Gasteiger partial charge is 0.487 e. The number of nitrogens with zero attached hydrogens (tertiary/aromatic N) is 3. The smallest absolute Gasteiger partial charge is 0.223 e. The molecule has 2 aromatic rings. The van der Waals surface area contributed by atoms with Gasteiger partial charge in [-0.25, -0.2) is 9.97 Å². The Morgan fingerprint density at radius 2 is 2.30 bits per heavy atom. The first-order valence-corrected chi connectivity index (χ1v) is 8.05. The van der Waals surface area contributed by atoms with Crippen LogP contribution in [0.2, 0.25) is 0 Å². The van der Waals surface area contributed by atoms with Gasteiger partial charge in [-0.15, -0.1) is 11.3 Å². The number of carbonyl (C=O) groups excluding carboxylic acids is 1. The van der Waals surface area contributed by atoms with Gasteiger partial charge < -0.3 is 14.8 Å². The zero-order chi connectivity index (χ0) is 16.2. The fraction of sp³-hybridized carbons (Fsp3) is 0.400. The molecule has 7 nitrogen and oxygen atoms in total. The van der Waals surface area contributed by atoms with Crippen LogP contribution in [-0.4, -0.2) is 47.1 Å². The van der Waals surface area contributed by atoms with E-state index in [1.54, 1.807) is 25.6 Å². The summed E-state index contributed by atoms with van der Waals surface area (Å²) < 4.78 is 11.0. The van der Waals surface area contributed by atoms with E-state index in [0.29, 0.717) is 11.0 Å². The summed E-state index contributed by atoms with van der Waals surface area (Å²) in [6, 6.07) is 3.61. The lowest BCUT2D eigenvalue weighted by Gasteiger charge is -2.38. The molecule has 2 aromatic heterocycles. The Labute approximate surface area is 138 Å². The van der Waals surface area contributed by atoms with Gasteiger partial charge in [-0.2, -0.15) is 0 Å². The standard InChI is InChI=1S/C15H18N4O3S/c1-10(20)18-15-17-6-13(23-15)9-19-7-12(8-19)22-11-3-4-16-14(5-11)21-2/h3-6,12H,7-9H2,1-2H3,(H,17,18,20). The van der Waals surface area contributed by atoms with Crippen LogP contribution < -0.4 is 14.8 Å². The molecule has 3 rings (SSSR count). The third-order valence-electron chi connectivity index (χ3n) is 3.36. The van der Waals surface area contributed by atoms with E-state index < -0.39 is 0 Å². The number of rotatable bonds is 6. The Morgan fingerprint density at radius 3 is 3.04 bits per heavy atom. The first-order valence-electron chi connectivity index (χ1n) is 7.23. The number of carbonyl (C=O) groups is 1. The highest BCUT2D eigenvalue weighted by atomic mass is 32.1. The summed E-state index contributed by atoms with van der Waals surface area (Å²) in [5, 5.41) is 3.34. The zero-order valence-corrected chi connectivity index (χ0v) is 13.8. The van der Waals surface area contributed by atoms with Crippen molar-refractivity contribution in [2.24, 2.45) is 0 Å². The summed E-state index contributed by atoms with van der Waals surface area (Å²) >= 11 is 1.50. The number of pyridine rings is 1. The molecule has 0 saturated carbocycles. The Morgan fingerprint density at radius 1 is 1.48 bits per heavy atom. The van der Waals surface area contributed by atoms with E-state index >= 15 is 0 Å². The van der Waals surface area contributed by atoms with Crippen LogP contribution in [0.3, 0.4) is 0 Å². The number of anilines is 1. The molecule has 1 amide bonds. The van der Waals surface area contributed by atoms with E-state index in [1.807, 2.05) is 6.07 Å². The van der Waals surface area contributed by atoms with Crippen molar-refractivity contribution in [3.05, 3.63) is 29.4 Å². The minimum Gasteiger partial charge on any atom is -0.487 e. The number of methoxy groups -OCH3 is 1. The average molecular weight is 334 g/mol. The Balaban J connectivity index is 1.45. The number of thiazole rings is 1. The van der Waals surface area contributed by atoms with Gasteiger partial charge in [0, 0.05) is 49.9 Å². The predicted molar refractivity (Wildman–Crippen MR) is 86.9 cm³/mol. The first kappa shape index (κ1) is 15.7. The number of likely N-dealkylation sites (tertiary alicyclic amines) is 1. The van der Waals surface area contributed by atoms with E-state index in [4.69, 9.17) is 9.47 Å². The maximum atomic E-state index is 11.0. The second-order valence-corrected chi connectivity index (χ2v) is 6.40. The summed E-state index contributed by atoms with van der Waals surface area (Å²) in [4.78, 5) is 22.6. The molecule has 8 heteroatoms. The van der Waals surface area contributed by atoms with Crippen LogP contribution in [0.5, 0.6) is 11.6 Å². The molecule has 1 aliphatic heterocycles. The first-order chi connectivity index (χ1) is 11.1. The Hall–Kier alpha value is -2.19. The van der Waals surface area contributed by atoms with Gasteiger partial charge in [0.2, 0.25) is 11.8 Å². The molecule has 23 heavy (non-hydrogen) atoms. The predicted octanol–water partition coefficient (Wildman–Crippen LogP) is 1.77. The van der Waals surface area contributed by atoms with Gasteiger partial charge >= 0.3 is 0 Å². The number of nitrogens with one attached hydrogen (secondary N) is 1. The van der Waals surface area contributed by atoms with E-state index in [1.165, 1.54) is 18.3 Å². The van der Waals surface area contributed by atoms with Crippen LogP contribution in [0.1, 0.15) is 11.8 Å². The van der Waals surface area contributed by atoms with Crippen LogP contribution in [0.15, 0.2) is 24.5 Å². The van der Waals surface area contributed by atoms with Crippen molar-refractivity contribution in [3.63, 3.8) is 0 Å². The van der Waals surface area contributed by atoms with E-state index in [9.17, 15) is 4.79 Å². The molecule has 1 saturated heterocycles. The van der Waals surface area contributed by atoms with Gasteiger partial charge in [0.1, 0.15) is 11.9 Å². The molecule has 1 aliphatic rings. The molecule has 0 bridgehead atoms. The molecule has 3 heterocycles. The summed E-state index contributed by atoms with van der Waals surface area (Å²) in [5.41, 5.74) is 0. The van der Waals surface area contributed by atoms with E-state index in [2.05, 4.69) is 20.2 Å². The topological polar surface area (TPSA) is 76.6 Å². The minimum absolute atomic E-state index is 0.101. The molecule has 122 valence electrons.